The lowest BCUT2D eigenvalue weighted by Crippen LogP contribution is -2.42. The summed E-state index contributed by atoms with van der Waals surface area (Å²) in [5, 5.41) is 0.565. The Morgan fingerprint density at radius 3 is 2.69 bits per heavy atom. The van der Waals surface area contributed by atoms with E-state index in [1.165, 1.54) is 9.13 Å². The molecule has 0 aliphatic carbocycles. The minimum atomic E-state index is -0.430. The van der Waals surface area contributed by atoms with Gasteiger partial charge in [0, 0.05) is 18.2 Å². The van der Waals surface area contributed by atoms with Gasteiger partial charge in [0.2, 0.25) is 0 Å². The first-order valence-corrected chi connectivity index (χ1v) is 11.0. The topological polar surface area (TPSA) is 71.1 Å². The van der Waals surface area contributed by atoms with Crippen LogP contribution in [0.5, 0.6) is 0 Å². The summed E-state index contributed by atoms with van der Waals surface area (Å²) in [6, 6.07) is 15.0. The molecule has 0 saturated carbocycles. The van der Waals surface area contributed by atoms with Crippen molar-refractivity contribution in [3.63, 3.8) is 0 Å². The molecule has 5 rings (SSSR count). The van der Waals surface area contributed by atoms with Crippen LogP contribution in [0, 0.1) is 6.92 Å². The van der Waals surface area contributed by atoms with Crippen molar-refractivity contribution in [2.75, 3.05) is 6.61 Å². The lowest BCUT2D eigenvalue weighted by Gasteiger charge is -2.15. The van der Waals surface area contributed by atoms with E-state index in [4.69, 9.17) is 16.3 Å². The first-order chi connectivity index (χ1) is 15.5. The predicted octanol–water partition coefficient (Wildman–Crippen LogP) is 3.54. The summed E-state index contributed by atoms with van der Waals surface area (Å²) in [5.74, 6) is 0. The predicted molar refractivity (Wildman–Crippen MR) is 124 cm³/mol. The van der Waals surface area contributed by atoms with Crippen molar-refractivity contribution in [1.82, 2.24) is 18.7 Å². The van der Waals surface area contributed by atoms with Crippen LogP contribution in [0.25, 0.3) is 16.9 Å². The van der Waals surface area contributed by atoms with Crippen molar-refractivity contribution < 1.29 is 4.74 Å². The van der Waals surface area contributed by atoms with Gasteiger partial charge in [-0.15, -0.1) is 0 Å². The Kier molecular flexibility index (Phi) is 5.45. The summed E-state index contributed by atoms with van der Waals surface area (Å²) in [6.45, 7) is 3.38. The molecule has 1 aliphatic rings. The van der Waals surface area contributed by atoms with E-state index in [1.54, 1.807) is 30.6 Å². The zero-order valence-electron chi connectivity index (χ0n) is 17.7. The van der Waals surface area contributed by atoms with Crippen molar-refractivity contribution in [1.29, 1.82) is 0 Å². The van der Waals surface area contributed by atoms with Crippen molar-refractivity contribution in [2.24, 2.45) is 0 Å². The van der Waals surface area contributed by atoms with E-state index in [9.17, 15) is 9.59 Å². The van der Waals surface area contributed by atoms with Crippen molar-refractivity contribution in [3.8, 4) is 5.69 Å². The summed E-state index contributed by atoms with van der Waals surface area (Å²) in [7, 11) is 0. The number of benzene rings is 2. The molecule has 0 amide bonds. The second kappa shape index (κ2) is 8.41. The van der Waals surface area contributed by atoms with Gasteiger partial charge >= 0.3 is 5.69 Å². The Balaban J connectivity index is 1.72. The van der Waals surface area contributed by atoms with Crippen molar-refractivity contribution in [3.05, 3.63) is 91.8 Å². The first-order valence-electron chi connectivity index (χ1n) is 10.6. The molecule has 3 heterocycles. The van der Waals surface area contributed by atoms with Crippen LogP contribution in [0.4, 0.5) is 0 Å². The zero-order valence-corrected chi connectivity index (χ0v) is 18.5. The van der Waals surface area contributed by atoms with E-state index >= 15 is 0 Å². The standard InChI is InChI=1S/C24H23ClN4O3/c1-16-4-2-5-17(12-16)13-27-15-26-22-21(27)23(30)28(14-20-6-3-11-32-20)24(31)29(22)19-9-7-18(25)8-10-19/h2,4-5,7-10,12,15,20H,3,6,11,13-14H2,1H3. The fraction of sp³-hybridized carbons (Fsp3) is 0.292. The molecule has 7 nitrogen and oxygen atoms in total. The average Bonchev–Trinajstić information content (AvgIpc) is 3.43. The van der Waals surface area contributed by atoms with Crippen LogP contribution in [0.2, 0.25) is 5.02 Å². The molecule has 1 atom stereocenters. The second-order valence-corrected chi connectivity index (χ2v) is 8.62. The lowest BCUT2D eigenvalue weighted by atomic mass is 10.1. The smallest absolute Gasteiger partial charge is 0.337 e. The number of hydrogen-bond acceptors (Lipinski definition) is 4. The molecular formula is C24H23ClN4O3. The molecule has 0 radical (unpaired) electrons. The van der Waals surface area contributed by atoms with E-state index in [1.807, 2.05) is 29.7 Å². The fourth-order valence-electron chi connectivity index (χ4n) is 4.28. The first kappa shape index (κ1) is 20.7. The average molecular weight is 451 g/mol. The number of aryl methyl sites for hydroxylation is 1. The quantitative estimate of drug-likeness (QED) is 0.466. The highest BCUT2D eigenvalue weighted by Gasteiger charge is 2.23. The molecular weight excluding hydrogens is 428 g/mol. The zero-order chi connectivity index (χ0) is 22.2. The van der Waals surface area contributed by atoms with E-state index in [-0.39, 0.29) is 18.2 Å². The molecule has 1 fully saturated rings. The van der Waals surface area contributed by atoms with Gasteiger partial charge in [-0.2, -0.15) is 0 Å². The third kappa shape index (κ3) is 3.78. The van der Waals surface area contributed by atoms with Gasteiger partial charge in [-0.1, -0.05) is 41.4 Å². The molecule has 0 spiro atoms. The third-order valence-corrected chi connectivity index (χ3v) is 6.08. The van der Waals surface area contributed by atoms with Gasteiger partial charge in [-0.05, 0) is 49.6 Å². The molecule has 4 aromatic rings. The van der Waals surface area contributed by atoms with Gasteiger partial charge in [0.05, 0.1) is 24.7 Å². The van der Waals surface area contributed by atoms with Gasteiger partial charge in [0.25, 0.3) is 5.56 Å². The minimum absolute atomic E-state index is 0.148. The van der Waals surface area contributed by atoms with Gasteiger partial charge in [0.15, 0.2) is 11.2 Å². The molecule has 8 heteroatoms. The highest BCUT2D eigenvalue weighted by atomic mass is 35.5. The Bertz CT molecular complexity index is 1400. The van der Waals surface area contributed by atoms with Crippen LogP contribution in [-0.2, 0) is 17.8 Å². The molecule has 1 aliphatic heterocycles. The van der Waals surface area contributed by atoms with E-state index in [0.717, 1.165) is 24.0 Å². The monoisotopic (exact) mass is 450 g/mol. The maximum atomic E-state index is 13.5. The summed E-state index contributed by atoms with van der Waals surface area (Å²) in [5.41, 5.74) is 2.74. The minimum Gasteiger partial charge on any atom is -0.376 e. The normalized spacial score (nSPS) is 16.1. The summed E-state index contributed by atoms with van der Waals surface area (Å²) < 4.78 is 10.3. The molecule has 1 saturated heterocycles. The molecule has 0 bridgehead atoms. The third-order valence-electron chi connectivity index (χ3n) is 5.83. The highest BCUT2D eigenvalue weighted by Crippen LogP contribution is 2.18. The van der Waals surface area contributed by atoms with Crippen LogP contribution in [0.15, 0.2) is 64.4 Å². The van der Waals surface area contributed by atoms with Crippen molar-refractivity contribution in [2.45, 2.75) is 39.0 Å². The number of rotatable bonds is 5. The van der Waals surface area contributed by atoms with Gasteiger partial charge in [0.1, 0.15) is 0 Å². The SMILES string of the molecule is Cc1cccc(Cn2cnc3c2c(=O)n(CC2CCCO2)c(=O)n3-c2ccc(Cl)cc2)c1. The Morgan fingerprint density at radius 1 is 1.16 bits per heavy atom. The van der Waals surface area contributed by atoms with Gasteiger partial charge in [-0.3, -0.25) is 9.36 Å². The Morgan fingerprint density at radius 2 is 1.97 bits per heavy atom. The lowest BCUT2D eigenvalue weighted by molar-refractivity contribution is 0.0950. The van der Waals surface area contributed by atoms with E-state index < -0.39 is 5.69 Å². The number of fused-ring (bicyclic) bond motifs is 1. The van der Waals surface area contributed by atoms with Crippen molar-refractivity contribution >= 4 is 22.8 Å². The Labute approximate surface area is 189 Å². The van der Waals surface area contributed by atoms with Crippen LogP contribution >= 0.6 is 11.6 Å². The maximum absolute atomic E-state index is 13.5. The number of aromatic nitrogens is 4. The molecule has 0 N–H and O–H groups in total. The van der Waals surface area contributed by atoms with Gasteiger partial charge in [-0.25, -0.2) is 14.3 Å². The van der Waals surface area contributed by atoms with Crippen LogP contribution in [0.3, 0.4) is 0 Å². The van der Waals surface area contributed by atoms with Gasteiger partial charge < -0.3 is 9.30 Å². The van der Waals surface area contributed by atoms with E-state index in [2.05, 4.69) is 11.1 Å². The number of ether oxygens (including phenoxy) is 1. The summed E-state index contributed by atoms with van der Waals surface area (Å²) >= 11 is 6.06. The number of halogens is 1. The van der Waals surface area contributed by atoms with Crippen LogP contribution in [0.1, 0.15) is 24.0 Å². The number of hydrogen-bond donors (Lipinski definition) is 0. The van der Waals surface area contributed by atoms with Crippen LogP contribution < -0.4 is 11.2 Å². The number of nitrogens with zero attached hydrogens (tertiary/aromatic N) is 4. The van der Waals surface area contributed by atoms with Crippen LogP contribution in [-0.4, -0.2) is 31.4 Å². The highest BCUT2D eigenvalue weighted by molar-refractivity contribution is 6.30. The van der Waals surface area contributed by atoms with E-state index in [0.29, 0.717) is 35.0 Å². The molecule has 164 valence electrons. The summed E-state index contributed by atoms with van der Waals surface area (Å²) in [6.07, 6.45) is 3.23. The largest absolute Gasteiger partial charge is 0.376 e. The maximum Gasteiger partial charge on any atom is 0.337 e. The molecule has 1 unspecified atom stereocenters. The molecule has 2 aromatic heterocycles. The summed E-state index contributed by atoms with van der Waals surface area (Å²) in [4.78, 5) is 31.5. The molecule has 2 aromatic carbocycles. The fourth-order valence-corrected chi connectivity index (χ4v) is 4.41. The molecule has 32 heavy (non-hydrogen) atoms. The second-order valence-electron chi connectivity index (χ2n) is 8.18. The number of imidazole rings is 1. The Hall–Kier alpha value is -3.16.